The number of nitrogens with zero attached hydrogens (tertiary/aromatic N) is 1. The maximum atomic E-state index is 11.6. The number of carbonyl (C=O) groups is 3. The molecule has 3 amide bonds. The van der Waals surface area contributed by atoms with E-state index in [9.17, 15) is 14.4 Å². The number of hydrogen-bond donors (Lipinski definition) is 1. The van der Waals surface area contributed by atoms with Gasteiger partial charge in [0.2, 0.25) is 0 Å². The predicted molar refractivity (Wildman–Crippen MR) is 75.7 cm³/mol. The molecule has 0 bridgehead atoms. The Morgan fingerprint density at radius 2 is 1.95 bits per heavy atom. The molecule has 8 heteroatoms. The number of esters is 1. The quantitative estimate of drug-likeness (QED) is 0.793. The lowest BCUT2D eigenvalue weighted by atomic mass is 10.3. The van der Waals surface area contributed by atoms with Crippen LogP contribution in [-0.2, 0) is 14.3 Å². The lowest BCUT2D eigenvalue weighted by Crippen LogP contribution is -2.37. The summed E-state index contributed by atoms with van der Waals surface area (Å²) in [4.78, 5) is 35.3. The Labute approximate surface area is 129 Å². The van der Waals surface area contributed by atoms with Crippen molar-refractivity contribution in [3.63, 3.8) is 0 Å². The van der Waals surface area contributed by atoms with Gasteiger partial charge in [-0.2, -0.15) is 0 Å². The number of carbonyl (C=O) groups excluding carboxylic acids is 3. The molecule has 0 aromatic heterocycles. The first kappa shape index (κ1) is 15.3. The summed E-state index contributed by atoms with van der Waals surface area (Å²) in [6.45, 7) is -0.0904. The van der Waals surface area contributed by atoms with Gasteiger partial charge in [-0.25, -0.2) is 9.59 Å². The van der Waals surface area contributed by atoms with E-state index in [4.69, 9.17) is 9.47 Å². The highest BCUT2D eigenvalue weighted by Gasteiger charge is 2.26. The lowest BCUT2D eigenvalue weighted by Gasteiger charge is -2.12. The summed E-state index contributed by atoms with van der Waals surface area (Å²) in [5.74, 6) is -0.715. The summed E-state index contributed by atoms with van der Waals surface area (Å²) in [6.07, 6.45) is 0. The largest absolute Gasteiger partial charge is 0.482 e. The predicted octanol–water partition coefficient (Wildman–Crippen LogP) is 0.923. The summed E-state index contributed by atoms with van der Waals surface area (Å²) in [7, 11) is 0. The molecule has 1 aliphatic heterocycles. The normalized spacial score (nSPS) is 13.8. The number of imide groups is 1. The molecule has 0 radical (unpaired) electrons. The molecule has 1 saturated heterocycles. The molecule has 1 aromatic carbocycles. The van der Waals surface area contributed by atoms with Crippen molar-refractivity contribution >= 4 is 33.8 Å². The van der Waals surface area contributed by atoms with Gasteiger partial charge in [0.15, 0.2) is 13.2 Å². The highest BCUT2D eigenvalue weighted by molar-refractivity contribution is 9.10. The van der Waals surface area contributed by atoms with E-state index in [2.05, 4.69) is 21.2 Å². The standard InChI is InChI=1S/C13H13BrN2O5/c14-9-1-3-10(4-2-9)20-8-12(18)21-7-11(17)16-6-5-15-13(16)19/h1-4H,5-8H2,(H,15,19). The van der Waals surface area contributed by atoms with Crippen molar-refractivity contribution in [1.29, 1.82) is 0 Å². The number of rotatable bonds is 5. The minimum atomic E-state index is -0.675. The highest BCUT2D eigenvalue weighted by Crippen LogP contribution is 2.15. The first-order valence-electron chi connectivity index (χ1n) is 6.18. The molecule has 2 rings (SSSR count). The van der Waals surface area contributed by atoms with Gasteiger partial charge in [0, 0.05) is 17.6 Å². The van der Waals surface area contributed by atoms with Crippen LogP contribution in [0.3, 0.4) is 0 Å². The van der Waals surface area contributed by atoms with Gasteiger partial charge in [-0.1, -0.05) is 15.9 Å². The Bertz CT molecular complexity index is 546. The molecule has 112 valence electrons. The molecule has 0 saturated carbocycles. The second kappa shape index (κ2) is 7.07. The Morgan fingerprint density at radius 1 is 1.24 bits per heavy atom. The Hall–Kier alpha value is -2.09. The number of amides is 3. The molecule has 0 aliphatic carbocycles. The molecule has 0 spiro atoms. The van der Waals surface area contributed by atoms with Gasteiger partial charge in [0.1, 0.15) is 5.75 Å². The molecule has 0 atom stereocenters. The first-order chi connectivity index (χ1) is 10.1. The van der Waals surface area contributed by atoms with E-state index in [-0.39, 0.29) is 13.2 Å². The third-order valence-electron chi connectivity index (χ3n) is 2.68. The van der Waals surface area contributed by atoms with Crippen molar-refractivity contribution < 1.29 is 23.9 Å². The van der Waals surface area contributed by atoms with E-state index in [1.807, 2.05) is 0 Å². The Balaban J connectivity index is 1.71. The molecule has 0 unspecified atom stereocenters. The van der Waals surface area contributed by atoms with Gasteiger partial charge in [0.05, 0.1) is 0 Å². The van der Waals surface area contributed by atoms with E-state index >= 15 is 0 Å². The van der Waals surface area contributed by atoms with Gasteiger partial charge in [-0.3, -0.25) is 9.69 Å². The fourth-order valence-electron chi connectivity index (χ4n) is 1.64. The van der Waals surface area contributed by atoms with Crippen molar-refractivity contribution in [1.82, 2.24) is 10.2 Å². The van der Waals surface area contributed by atoms with E-state index in [0.717, 1.165) is 9.37 Å². The van der Waals surface area contributed by atoms with Gasteiger partial charge in [-0.15, -0.1) is 0 Å². The minimum absolute atomic E-state index is 0.282. The zero-order valence-electron chi connectivity index (χ0n) is 11.0. The topological polar surface area (TPSA) is 84.9 Å². The molecule has 1 aliphatic rings. The summed E-state index contributed by atoms with van der Waals surface area (Å²) in [5.41, 5.74) is 0. The van der Waals surface area contributed by atoms with E-state index in [0.29, 0.717) is 12.3 Å². The number of benzene rings is 1. The second-order valence-electron chi connectivity index (χ2n) is 4.18. The molecule has 1 heterocycles. The number of hydrogen-bond acceptors (Lipinski definition) is 5. The van der Waals surface area contributed by atoms with Crippen LogP contribution in [0.4, 0.5) is 4.79 Å². The molecule has 21 heavy (non-hydrogen) atoms. The molecule has 1 fully saturated rings. The van der Waals surface area contributed by atoms with Crippen LogP contribution in [0.1, 0.15) is 0 Å². The van der Waals surface area contributed by atoms with Crippen LogP contribution in [0.15, 0.2) is 28.7 Å². The number of halogens is 1. The van der Waals surface area contributed by atoms with Crippen molar-refractivity contribution in [2.75, 3.05) is 26.3 Å². The molecular weight excluding hydrogens is 344 g/mol. The SMILES string of the molecule is O=C(COc1ccc(Br)cc1)OCC(=O)N1CCNC1=O. The third-order valence-corrected chi connectivity index (χ3v) is 3.21. The Morgan fingerprint density at radius 3 is 2.57 bits per heavy atom. The van der Waals surface area contributed by atoms with Crippen molar-refractivity contribution in [3.05, 3.63) is 28.7 Å². The van der Waals surface area contributed by atoms with Crippen LogP contribution in [0.25, 0.3) is 0 Å². The smallest absolute Gasteiger partial charge is 0.344 e. The van der Waals surface area contributed by atoms with Crippen LogP contribution in [0.2, 0.25) is 0 Å². The fourth-order valence-corrected chi connectivity index (χ4v) is 1.91. The van der Waals surface area contributed by atoms with Gasteiger partial charge >= 0.3 is 12.0 Å². The average molecular weight is 357 g/mol. The lowest BCUT2D eigenvalue weighted by molar-refractivity contribution is -0.152. The van der Waals surface area contributed by atoms with Crippen molar-refractivity contribution in [2.24, 2.45) is 0 Å². The fraction of sp³-hybridized carbons (Fsp3) is 0.308. The zero-order chi connectivity index (χ0) is 15.2. The molecule has 7 nitrogen and oxygen atoms in total. The maximum Gasteiger partial charge on any atom is 0.344 e. The monoisotopic (exact) mass is 356 g/mol. The van der Waals surface area contributed by atoms with Crippen LogP contribution in [-0.4, -0.2) is 49.1 Å². The van der Waals surface area contributed by atoms with E-state index < -0.39 is 24.5 Å². The van der Waals surface area contributed by atoms with Crippen molar-refractivity contribution in [3.8, 4) is 5.75 Å². The zero-order valence-corrected chi connectivity index (χ0v) is 12.6. The van der Waals surface area contributed by atoms with Gasteiger partial charge < -0.3 is 14.8 Å². The van der Waals surface area contributed by atoms with Crippen LogP contribution in [0.5, 0.6) is 5.75 Å². The first-order valence-corrected chi connectivity index (χ1v) is 6.98. The van der Waals surface area contributed by atoms with E-state index in [1.165, 1.54) is 0 Å². The van der Waals surface area contributed by atoms with Gasteiger partial charge in [-0.05, 0) is 24.3 Å². The highest BCUT2D eigenvalue weighted by atomic mass is 79.9. The van der Waals surface area contributed by atoms with Crippen LogP contribution < -0.4 is 10.1 Å². The maximum absolute atomic E-state index is 11.6. The van der Waals surface area contributed by atoms with E-state index in [1.54, 1.807) is 24.3 Å². The number of ether oxygens (including phenoxy) is 2. The average Bonchev–Trinajstić information content (AvgIpc) is 2.90. The molecule has 1 aromatic rings. The summed E-state index contributed by atoms with van der Waals surface area (Å²) in [6, 6.07) is 6.46. The second-order valence-corrected chi connectivity index (χ2v) is 5.10. The van der Waals surface area contributed by atoms with Gasteiger partial charge in [0.25, 0.3) is 5.91 Å². The molecular formula is C13H13BrN2O5. The molecule has 1 N–H and O–H groups in total. The van der Waals surface area contributed by atoms with Crippen LogP contribution in [0, 0.1) is 0 Å². The minimum Gasteiger partial charge on any atom is -0.482 e. The van der Waals surface area contributed by atoms with Crippen LogP contribution >= 0.6 is 15.9 Å². The van der Waals surface area contributed by atoms with Crippen molar-refractivity contribution in [2.45, 2.75) is 0 Å². The summed E-state index contributed by atoms with van der Waals surface area (Å²) in [5, 5.41) is 2.49. The number of urea groups is 1. The third kappa shape index (κ3) is 4.45. The summed E-state index contributed by atoms with van der Waals surface area (Å²) < 4.78 is 10.9. The summed E-state index contributed by atoms with van der Waals surface area (Å²) >= 11 is 3.28. The Kier molecular flexibility index (Phi) is 5.15. The number of nitrogens with one attached hydrogen (secondary N) is 1.